The van der Waals surface area contributed by atoms with Crippen LogP contribution in [0.2, 0.25) is 0 Å². The Labute approximate surface area is 166 Å². The fourth-order valence-electron chi connectivity index (χ4n) is 3.19. The van der Waals surface area contributed by atoms with Gasteiger partial charge in [0.2, 0.25) is 0 Å². The lowest BCUT2D eigenvalue weighted by molar-refractivity contribution is 0.150. The number of nitrogens with two attached hydrogens (primary N) is 1. The van der Waals surface area contributed by atoms with E-state index in [1.165, 1.54) is 24.8 Å². The zero-order chi connectivity index (χ0) is 16.8. The predicted molar refractivity (Wildman–Crippen MR) is 114 cm³/mol. The first-order valence-electron chi connectivity index (χ1n) is 8.63. The smallest absolute Gasteiger partial charge is 0.193 e. The van der Waals surface area contributed by atoms with Crippen molar-refractivity contribution in [3.8, 4) is 0 Å². The molecule has 136 valence electrons. The molecule has 0 aliphatic carbocycles. The van der Waals surface area contributed by atoms with Gasteiger partial charge in [0.05, 0.1) is 18.8 Å². The van der Waals surface area contributed by atoms with Gasteiger partial charge in [-0.25, -0.2) is 0 Å². The van der Waals surface area contributed by atoms with Crippen LogP contribution in [0.1, 0.15) is 36.6 Å². The highest BCUT2D eigenvalue weighted by atomic mass is 127. The summed E-state index contributed by atoms with van der Waals surface area (Å²) in [6, 6.07) is 12.2. The summed E-state index contributed by atoms with van der Waals surface area (Å²) >= 11 is 0. The summed E-state index contributed by atoms with van der Waals surface area (Å²) in [6.45, 7) is 4.83. The van der Waals surface area contributed by atoms with Gasteiger partial charge in [-0.1, -0.05) is 18.6 Å². The average Bonchev–Trinajstić information content (AvgIpc) is 3.10. The van der Waals surface area contributed by atoms with Crippen molar-refractivity contribution in [2.24, 2.45) is 10.7 Å². The maximum absolute atomic E-state index is 6.08. The number of furan rings is 1. The predicted octanol–water partition coefficient (Wildman–Crippen LogP) is 4.16. The third-order valence-electron chi connectivity index (χ3n) is 4.43. The summed E-state index contributed by atoms with van der Waals surface area (Å²) in [4.78, 5) is 7.01. The summed E-state index contributed by atoms with van der Waals surface area (Å²) in [5, 5.41) is 3.16. The van der Waals surface area contributed by atoms with Crippen molar-refractivity contribution in [2.45, 2.75) is 32.2 Å². The van der Waals surface area contributed by atoms with Crippen molar-refractivity contribution in [1.82, 2.24) is 4.90 Å². The van der Waals surface area contributed by atoms with Gasteiger partial charge in [0.25, 0.3) is 0 Å². The molecule has 1 aliphatic rings. The first-order chi connectivity index (χ1) is 11.7. The van der Waals surface area contributed by atoms with Crippen LogP contribution in [0.25, 0.3) is 0 Å². The molecule has 6 heteroatoms. The number of aryl methyl sites for hydroxylation is 1. The molecular weight excluding hydrogens is 427 g/mol. The van der Waals surface area contributed by atoms with Crippen LogP contribution in [0, 0.1) is 6.92 Å². The number of guanidine groups is 1. The number of aliphatic imine (C=N–C) groups is 1. The van der Waals surface area contributed by atoms with Crippen LogP contribution in [0.15, 0.2) is 52.1 Å². The van der Waals surface area contributed by atoms with Crippen molar-refractivity contribution in [1.29, 1.82) is 0 Å². The summed E-state index contributed by atoms with van der Waals surface area (Å²) in [5.41, 5.74) is 8.23. The van der Waals surface area contributed by atoms with Gasteiger partial charge in [-0.3, -0.25) is 9.89 Å². The Morgan fingerprint density at radius 3 is 2.72 bits per heavy atom. The number of nitrogens with one attached hydrogen (secondary N) is 1. The maximum atomic E-state index is 6.08. The molecule has 1 fully saturated rings. The minimum Gasteiger partial charge on any atom is -0.468 e. The lowest BCUT2D eigenvalue weighted by atomic mass is 10.1. The molecule has 1 saturated heterocycles. The number of nitrogens with zero attached hydrogens (tertiary/aromatic N) is 2. The lowest BCUT2D eigenvalue weighted by Crippen LogP contribution is -2.36. The van der Waals surface area contributed by atoms with E-state index in [1.807, 2.05) is 24.3 Å². The summed E-state index contributed by atoms with van der Waals surface area (Å²) in [6.07, 6.45) is 5.50. The zero-order valence-electron chi connectivity index (χ0n) is 14.6. The number of likely N-dealkylation sites (tertiary alicyclic amines) is 1. The van der Waals surface area contributed by atoms with Gasteiger partial charge in [-0.05, 0) is 62.7 Å². The Balaban J connectivity index is 0.00000225. The van der Waals surface area contributed by atoms with Gasteiger partial charge in [0.15, 0.2) is 5.96 Å². The highest BCUT2D eigenvalue weighted by Crippen LogP contribution is 2.25. The third-order valence-corrected chi connectivity index (χ3v) is 4.43. The number of rotatable bonds is 5. The second kappa shape index (κ2) is 9.82. The van der Waals surface area contributed by atoms with E-state index in [0.29, 0.717) is 12.5 Å². The molecule has 5 nitrogen and oxygen atoms in total. The topological polar surface area (TPSA) is 66.8 Å². The number of anilines is 1. The molecule has 2 aromatic rings. The maximum Gasteiger partial charge on any atom is 0.193 e. The lowest BCUT2D eigenvalue weighted by Gasteiger charge is -2.32. The van der Waals surface area contributed by atoms with Gasteiger partial charge in [-0.2, -0.15) is 0 Å². The van der Waals surface area contributed by atoms with Gasteiger partial charge in [0, 0.05) is 5.69 Å². The van der Waals surface area contributed by atoms with Crippen molar-refractivity contribution in [2.75, 3.05) is 25.0 Å². The van der Waals surface area contributed by atoms with E-state index in [1.54, 1.807) is 6.26 Å². The van der Waals surface area contributed by atoms with Crippen molar-refractivity contribution in [3.63, 3.8) is 0 Å². The molecule has 0 amide bonds. The highest BCUT2D eigenvalue weighted by molar-refractivity contribution is 14.0. The largest absolute Gasteiger partial charge is 0.468 e. The summed E-state index contributed by atoms with van der Waals surface area (Å²) in [5.74, 6) is 1.40. The van der Waals surface area contributed by atoms with Crippen LogP contribution in [-0.2, 0) is 0 Å². The molecule has 1 aliphatic heterocycles. The quantitative estimate of drug-likeness (QED) is 0.405. The normalized spacial score (nSPS) is 16.9. The van der Waals surface area contributed by atoms with Crippen molar-refractivity contribution >= 4 is 35.6 Å². The summed E-state index contributed by atoms with van der Waals surface area (Å²) < 4.78 is 5.64. The Morgan fingerprint density at radius 2 is 2.04 bits per heavy atom. The molecule has 1 aromatic carbocycles. The minimum absolute atomic E-state index is 0. The van der Waals surface area contributed by atoms with E-state index in [9.17, 15) is 0 Å². The Kier molecular flexibility index (Phi) is 7.77. The first-order valence-corrected chi connectivity index (χ1v) is 8.63. The monoisotopic (exact) mass is 454 g/mol. The van der Waals surface area contributed by atoms with Crippen LogP contribution in [-0.4, -0.2) is 30.5 Å². The molecule has 1 aromatic heterocycles. The van der Waals surface area contributed by atoms with Crippen LogP contribution >= 0.6 is 24.0 Å². The molecule has 1 unspecified atom stereocenters. The number of hydrogen-bond acceptors (Lipinski definition) is 3. The zero-order valence-corrected chi connectivity index (χ0v) is 17.0. The Hall–Kier alpha value is -1.54. The van der Waals surface area contributed by atoms with Gasteiger partial charge >= 0.3 is 0 Å². The van der Waals surface area contributed by atoms with Crippen LogP contribution in [0.5, 0.6) is 0 Å². The number of benzene rings is 1. The molecule has 3 rings (SSSR count). The molecule has 1 atom stereocenters. The molecule has 0 spiro atoms. The second-order valence-electron chi connectivity index (χ2n) is 6.35. The molecule has 3 N–H and O–H groups in total. The van der Waals surface area contributed by atoms with Crippen LogP contribution in [0.4, 0.5) is 5.69 Å². The standard InChI is InChI=1S/C19H26N4O.HI/c1-15-7-5-8-16(13-15)22-19(20)21-14-17(18-9-6-12-24-18)23-10-3-2-4-11-23;/h5-9,12-13,17H,2-4,10-11,14H2,1H3,(H3,20,21,22);1H. The fraction of sp³-hybridized carbons (Fsp3) is 0.421. The van der Waals surface area contributed by atoms with Gasteiger partial charge in [-0.15, -0.1) is 24.0 Å². The van der Waals surface area contributed by atoms with E-state index in [0.717, 1.165) is 24.5 Å². The first kappa shape index (κ1) is 19.8. The SMILES string of the molecule is Cc1cccc(NC(N)=NCC(c2ccco2)N2CCCCC2)c1.I. The second-order valence-corrected chi connectivity index (χ2v) is 6.35. The number of hydrogen-bond donors (Lipinski definition) is 2. The average molecular weight is 454 g/mol. The number of piperidine rings is 1. The summed E-state index contributed by atoms with van der Waals surface area (Å²) in [7, 11) is 0. The van der Waals surface area contributed by atoms with Gasteiger partial charge in [0.1, 0.15) is 5.76 Å². The molecule has 25 heavy (non-hydrogen) atoms. The Morgan fingerprint density at radius 1 is 1.24 bits per heavy atom. The minimum atomic E-state index is 0. The molecule has 0 saturated carbocycles. The fourth-order valence-corrected chi connectivity index (χ4v) is 3.19. The molecule has 2 heterocycles. The van der Waals surface area contributed by atoms with E-state index >= 15 is 0 Å². The van der Waals surface area contributed by atoms with Crippen LogP contribution < -0.4 is 11.1 Å². The van der Waals surface area contributed by atoms with E-state index < -0.39 is 0 Å². The Bertz CT molecular complexity index is 666. The van der Waals surface area contributed by atoms with E-state index in [-0.39, 0.29) is 30.0 Å². The van der Waals surface area contributed by atoms with E-state index in [4.69, 9.17) is 10.2 Å². The molecule has 0 radical (unpaired) electrons. The van der Waals surface area contributed by atoms with Crippen LogP contribution in [0.3, 0.4) is 0 Å². The highest BCUT2D eigenvalue weighted by Gasteiger charge is 2.24. The number of halogens is 1. The van der Waals surface area contributed by atoms with Crippen molar-refractivity contribution < 1.29 is 4.42 Å². The van der Waals surface area contributed by atoms with Crippen molar-refractivity contribution in [3.05, 3.63) is 54.0 Å². The van der Waals surface area contributed by atoms with Gasteiger partial charge < -0.3 is 15.5 Å². The molecular formula is C19H27IN4O. The van der Waals surface area contributed by atoms with E-state index in [2.05, 4.69) is 34.3 Å². The third kappa shape index (κ3) is 5.74. The molecule has 0 bridgehead atoms.